The Hall–Kier alpha value is -1.36. The first-order chi connectivity index (χ1) is 8.88. The third-order valence-corrected chi connectivity index (χ3v) is 4.08. The van der Waals surface area contributed by atoms with Crippen molar-refractivity contribution in [1.82, 2.24) is 19.7 Å². The lowest BCUT2D eigenvalue weighted by atomic mass is 10.4. The molecule has 1 aliphatic carbocycles. The van der Waals surface area contributed by atoms with Crippen LogP contribution in [-0.2, 0) is 12.3 Å². The molecule has 2 heterocycles. The van der Waals surface area contributed by atoms with Crippen molar-refractivity contribution in [3.63, 3.8) is 0 Å². The van der Waals surface area contributed by atoms with Crippen molar-refractivity contribution in [2.75, 3.05) is 0 Å². The fourth-order valence-corrected chi connectivity index (χ4v) is 2.89. The lowest BCUT2D eigenvalue weighted by Gasteiger charge is -2.05. The third-order valence-electron chi connectivity index (χ3n) is 3.08. The fourth-order valence-electron chi connectivity index (χ4n) is 1.97. The smallest absolute Gasteiger partial charge is 0.191 e. The van der Waals surface area contributed by atoms with Gasteiger partial charge in [0.1, 0.15) is 5.82 Å². The standard InChI is InChI=1S/C13H16N4S/c1-2-17-12(10-6-7-10)15-16-13(17)18-9-11-5-3-4-8-14-11/h3-5,8,10H,2,6-7,9H2,1H3. The van der Waals surface area contributed by atoms with Gasteiger partial charge in [-0.15, -0.1) is 10.2 Å². The maximum Gasteiger partial charge on any atom is 0.191 e. The van der Waals surface area contributed by atoms with E-state index < -0.39 is 0 Å². The van der Waals surface area contributed by atoms with Gasteiger partial charge in [-0.3, -0.25) is 4.98 Å². The summed E-state index contributed by atoms with van der Waals surface area (Å²) in [4.78, 5) is 4.33. The summed E-state index contributed by atoms with van der Waals surface area (Å²) in [7, 11) is 0. The molecule has 1 fully saturated rings. The largest absolute Gasteiger partial charge is 0.306 e. The molecule has 0 aliphatic heterocycles. The van der Waals surface area contributed by atoms with Crippen LogP contribution in [0.25, 0.3) is 0 Å². The minimum Gasteiger partial charge on any atom is -0.306 e. The first kappa shape index (κ1) is 11.7. The maximum atomic E-state index is 4.33. The van der Waals surface area contributed by atoms with Crippen LogP contribution in [0, 0.1) is 0 Å². The Kier molecular flexibility index (Phi) is 3.32. The summed E-state index contributed by atoms with van der Waals surface area (Å²) in [5.41, 5.74) is 1.08. The second-order valence-corrected chi connectivity index (χ2v) is 5.41. The van der Waals surface area contributed by atoms with Gasteiger partial charge < -0.3 is 4.57 Å². The quantitative estimate of drug-likeness (QED) is 0.775. The Balaban J connectivity index is 1.72. The topological polar surface area (TPSA) is 43.6 Å². The molecule has 0 bridgehead atoms. The van der Waals surface area contributed by atoms with Crippen molar-refractivity contribution in [1.29, 1.82) is 0 Å². The molecule has 18 heavy (non-hydrogen) atoms. The van der Waals surface area contributed by atoms with E-state index in [1.807, 2.05) is 24.4 Å². The Labute approximate surface area is 111 Å². The fraction of sp³-hybridized carbons (Fsp3) is 0.462. The number of aromatic nitrogens is 4. The molecule has 0 N–H and O–H groups in total. The van der Waals surface area contributed by atoms with Gasteiger partial charge >= 0.3 is 0 Å². The molecule has 1 saturated carbocycles. The molecule has 0 spiro atoms. The summed E-state index contributed by atoms with van der Waals surface area (Å²) in [6, 6.07) is 6.00. The van der Waals surface area contributed by atoms with Gasteiger partial charge in [0.25, 0.3) is 0 Å². The number of thioether (sulfide) groups is 1. The first-order valence-corrected chi connectivity index (χ1v) is 7.33. The zero-order valence-corrected chi connectivity index (χ0v) is 11.2. The summed E-state index contributed by atoms with van der Waals surface area (Å²) in [6.07, 6.45) is 4.36. The zero-order chi connectivity index (χ0) is 12.4. The highest BCUT2D eigenvalue weighted by atomic mass is 32.2. The van der Waals surface area contributed by atoms with Crippen molar-refractivity contribution < 1.29 is 0 Å². The van der Waals surface area contributed by atoms with Crippen LogP contribution in [0.2, 0.25) is 0 Å². The molecule has 1 aliphatic rings. The molecule has 2 aromatic rings. The lowest BCUT2D eigenvalue weighted by molar-refractivity contribution is 0.643. The Morgan fingerprint density at radius 2 is 2.22 bits per heavy atom. The highest BCUT2D eigenvalue weighted by Gasteiger charge is 2.29. The van der Waals surface area contributed by atoms with Crippen molar-refractivity contribution in [3.8, 4) is 0 Å². The van der Waals surface area contributed by atoms with Crippen LogP contribution in [0.1, 0.15) is 37.2 Å². The first-order valence-electron chi connectivity index (χ1n) is 6.34. The Morgan fingerprint density at radius 1 is 1.33 bits per heavy atom. The van der Waals surface area contributed by atoms with Crippen LogP contribution < -0.4 is 0 Å². The van der Waals surface area contributed by atoms with Gasteiger partial charge in [0, 0.05) is 24.4 Å². The molecule has 0 aromatic carbocycles. The minimum atomic E-state index is 0.654. The normalized spacial score (nSPS) is 14.9. The van der Waals surface area contributed by atoms with Crippen LogP contribution in [0.4, 0.5) is 0 Å². The molecular formula is C13H16N4S. The number of hydrogen-bond acceptors (Lipinski definition) is 4. The number of pyridine rings is 1. The monoisotopic (exact) mass is 260 g/mol. The summed E-state index contributed by atoms with van der Waals surface area (Å²) >= 11 is 1.72. The summed E-state index contributed by atoms with van der Waals surface area (Å²) in [6.45, 7) is 3.10. The zero-order valence-electron chi connectivity index (χ0n) is 10.4. The summed E-state index contributed by atoms with van der Waals surface area (Å²) in [5.74, 6) is 2.67. The van der Waals surface area contributed by atoms with Crippen LogP contribution in [0.15, 0.2) is 29.6 Å². The van der Waals surface area contributed by atoms with E-state index in [1.54, 1.807) is 11.8 Å². The van der Waals surface area contributed by atoms with E-state index in [-0.39, 0.29) is 0 Å². The second-order valence-electron chi connectivity index (χ2n) is 4.47. The molecule has 0 saturated heterocycles. The molecule has 0 amide bonds. The van der Waals surface area contributed by atoms with E-state index >= 15 is 0 Å². The van der Waals surface area contributed by atoms with E-state index in [9.17, 15) is 0 Å². The van der Waals surface area contributed by atoms with E-state index in [1.165, 1.54) is 18.7 Å². The lowest BCUT2D eigenvalue weighted by Crippen LogP contribution is -2.02. The maximum absolute atomic E-state index is 4.33. The molecule has 5 heteroatoms. The van der Waals surface area contributed by atoms with Gasteiger partial charge in [-0.05, 0) is 31.9 Å². The predicted octanol–water partition coefficient (Wildman–Crippen LogP) is 2.86. The van der Waals surface area contributed by atoms with Crippen LogP contribution in [0.3, 0.4) is 0 Å². The number of hydrogen-bond donors (Lipinski definition) is 0. The Morgan fingerprint density at radius 3 is 2.89 bits per heavy atom. The van der Waals surface area contributed by atoms with E-state index in [0.717, 1.165) is 23.1 Å². The van der Waals surface area contributed by atoms with Gasteiger partial charge in [0.15, 0.2) is 5.16 Å². The highest BCUT2D eigenvalue weighted by Crippen LogP contribution is 2.40. The van der Waals surface area contributed by atoms with E-state index in [0.29, 0.717) is 5.92 Å². The van der Waals surface area contributed by atoms with Crippen molar-refractivity contribution >= 4 is 11.8 Å². The van der Waals surface area contributed by atoms with Gasteiger partial charge in [-0.1, -0.05) is 17.8 Å². The molecule has 3 rings (SSSR count). The molecule has 0 unspecified atom stereocenters. The molecule has 0 atom stereocenters. The van der Waals surface area contributed by atoms with Crippen molar-refractivity contribution in [2.45, 2.75) is 43.1 Å². The highest BCUT2D eigenvalue weighted by molar-refractivity contribution is 7.98. The average Bonchev–Trinajstić information content (AvgIpc) is 3.18. The molecule has 4 nitrogen and oxygen atoms in total. The minimum absolute atomic E-state index is 0.654. The van der Waals surface area contributed by atoms with Crippen LogP contribution >= 0.6 is 11.8 Å². The van der Waals surface area contributed by atoms with Crippen LogP contribution in [0.5, 0.6) is 0 Å². The van der Waals surface area contributed by atoms with Gasteiger partial charge in [-0.2, -0.15) is 0 Å². The van der Waals surface area contributed by atoms with Gasteiger partial charge in [0.2, 0.25) is 0 Å². The summed E-state index contributed by atoms with van der Waals surface area (Å²) < 4.78 is 2.24. The SMILES string of the molecule is CCn1c(SCc2ccccn2)nnc1C1CC1. The molecule has 2 aromatic heterocycles. The summed E-state index contributed by atoms with van der Waals surface area (Å²) in [5, 5.41) is 9.66. The van der Waals surface area contributed by atoms with E-state index in [2.05, 4.69) is 26.7 Å². The second kappa shape index (κ2) is 5.10. The average molecular weight is 260 g/mol. The third kappa shape index (κ3) is 2.41. The van der Waals surface area contributed by atoms with Crippen molar-refractivity contribution in [2.24, 2.45) is 0 Å². The number of rotatable bonds is 5. The molecule has 0 radical (unpaired) electrons. The molecule has 94 valence electrons. The molecular weight excluding hydrogens is 244 g/mol. The van der Waals surface area contributed by atoms with Crippen LogP contribution in [-0.4, -0.2) is 19.7 Å². The Bertz CT molecular complexity index is 519. The predicted molar refractivity (Wildman–Crippen MR) is 71.5 cm³/mol. The van der Waals surface area contributed by atoms with E-state index in [4.69, 9.17) is 0 Å². The van der Waals surface area contributed by atoms with Gasteiger partial charge in [-0.25, -0.2) is 0 Å². The number of nitrogens with zero attached hydrogens (tertiary/aromatic N) is 4. The van der Waals surface area contributed by atoms with Crippen molar-refractivity contribution in [3.05, 3.63) is 35.9 Å². The van der Waals surface area contributed by atoms with Gasteiger partial charge in [0.05, 0.1) is 5.69 Å².